The summed E-state index contributed by atoms with van der Waals surface area (Å²) in [7, 11) is 1.62. The Morgan fingerprint density at radius 3 is 2.34 bits per heavy atom. The number of carbonyl (C=O) groups is 1. The first-order valence-electron chi connectivity index (χ1n) is 9.55. The van der Waals surface area contributed by atoms with Crippen LogP contribution in [0.1, 0.15) is 42.7 Å². The van der Waals surface area contributed by atoms with E-state index in [2.05, 4.69) is 11.4 Å². The number of nitriles is 1. The number of ether oxygens (including phenoxy) is 1. The van der Waals surface area contributed by atoms with E-state index in [4.69, 9.17) is 16.3 Å². The Labute approximate surface area is 175 Å². The van der Waals surface area contributed by atoms with Crippen LogP contribution in [-0.2, 0) is 4.79 Å². The molecule has 1 heterocycles. The maximum atomic E-state index is 13.3. The number of Topliss-reactive ketones (excluding diaryl/α,β-unsaturated/α-hetero) is 1. The summed E-state index contributed by atoms with van der Waals surface area (Å²) in [6.45, 7) is 1.90. The van der Waals surface area contributed by atoms with Crippen LogP contribution in [-0.4, -0.2) is 12.9 Å². The standard InChI is InChI=1S/C24H21ClN2O2/c1-14-20(13-26)23(16-5-9-19(29-2)10-6-16)24-21(27-14)11-17(12-22(24)28)15-3-7-18(25)8-4-15/h3-10,17,23,27H,11-12H2,1-2H3/t17-,23+/m0/s1. The number of methoxy groups -OCH3 is 1. The first kappa shape index (κ1) is 19.3. The van der Waals surface area contributed by atoms with E-state index in [1.807, 2.05) is 55.5 Å². The van der Waals surface area contributed by atoms with Gasteiger partial charge in [0.15, 0.2) is 5.78 Å². The van der Waals surface area contributed by atoms with Crippen molar-refractivity contribution in [2.75, 3.05) is 7.11 Å². The maximum absolute atomic E-state index is 13.3. The molecule has 4 nitrogen and oxygen atoms in total. The SMILES string of the molecule is COc1ccc([C@@H]2C(C#N)=C(C)NC3=C2C(=O)C[C@@H](c2ccc(Cl)cc2)C3)cc1. The fraction of sp³-hybridized carbons (Fsp3) is 0.250. The fourth-order valence-electron chi connectivity index (χ4n) is 4.29. The van der Waals surface area contributed by atoms with Gasteiger partial charge in [-0.05, 0) is 54.7 Å². The van der Waals surface area contributed by atoms with E-state index in [0.717, 1.165) is 34.7 Å². The van der Waals surface area contributed by atoms with Crippen LogP contribution in [0, 0.1) is 11.3 Å². The summed E-state index contributed by atoms with van der Waals surface area (Å²) in [4.78, 5) is 13.3. The van der Waals surface area contributed by atoms with Crippen LogP contribution >= 0.6 is 11.6 Å². The normalized spacial score (nSPS) is 21.4. The van der Waals surface area contributed by atoms with Crippen LogP contribution in [0.15, 0.2) is 71.1 Å². The summed E-state index contributed by atoms with van der Waals surface area (Å²) in [6.07, 6.45) is 1.15. The van der Waals surface area contributed by atoms with Gasteiger partial charge in [-0.1, -0.05) is 35.9 Å². The van der Waals surface area contributed by atoms with Gasteiger partial charge in [0.05, 0.1) is 24.7 Å². The molecule has 2 atom stereocenters. The second-order valence-corrected chi connectivity index (χ2v) is 7.89. The molecule has 0 spiro atoms. The minimum atomic E-state index is -0.346. The highest BCUT2D eigenvalue weighted by atomic mass is 35.5. The molecule has 0 saturated carbocycles. The predicted molar refractivity (Wildman–Crippen MR) is 113 cm³/mol. The van der Waals surface area contributed by atoms with Gasteiger partial charge in [0, 0.05) is 28.4 Å². The van der Waals surface area contributed by atoms with Crippen LogP contribution in [0.25, 0.3) is 0 Å². The first-order chi connectivity index (χ1) is 14.0. The predicted octanol–water partition coefficient (Wildman–Crippen LogP) is 5.23. The molecule has 146 valence electrons. The van der Waals surface area contributed by atoms with Crippen molar-refractivity contribution in [1.29, 1.82) is 5.26 Å². The molecule has 2 aromatic rings. The van der Waals surface area contributed by atoms with Crippen molar-refractivity contribution in [3.05, 3.63) is 87.2 Å². The number of hydrogen-bond donors (Lipinski definition) is 1. The van der Waals surface area contributed by atoms with E-state index < -0.39 is 0 Å². The maximum Gasteiger partial charge on any atom is 0.162 e. The molecule has 0 saturated heterocycles. The highest BCUT2D eigenvalue weighted by molar-refractivity contribution is 6.30. The minimum Gasteiger partial charge on any atom is -0.497 e. The van der Waals surface area contributed by atoms with Crippen molar-refractivity contribution in [1.82, 2.24) is 5.32 Å². The molecular formula is C24H21ClN2O2. The molecule has 1 N–H and O–H groups in total. The monoisotopic (exact) mass is 404 g/mol. The molecule has 0 unspecified atom stereocenters. The number of benzene rings is 2. The molecule has 0 bridgehead atoms. The lowest BCUT2D eigenvalue weighted by molar-refractivity contribution is -0.116. The molecule has 2 aromatic carbocycles. The van der Waals surface area contributed by atoms with Crippen LogP contribution < -0.4 is 10.1 Å². The number of nitrogens with one attached hydrogen (secondary N) is 1. The summed E-state index contributed by atoms with van der Waals surface area (Å²) in [6, 6.07) is 17.6. The molecule has 1 aliphatic carbocycles. The molecule has 4 rings (SSSR count). The van der Waals surface area contributed by atoms with Crippen molar-refractivity contribution in [2.24, 2.45) is 0 Å². The summed E-state index contributed by atoms with van der Waals surface area (Å²) in [5.74, 6) is 0.577. The number of nitrogens with zero attached hydrogens (tertiary/aromatic N) is 1. The largest absolute Gasteiger partial charge is 0.497 e. The van der Waals surface area contributed by atoms with Crippen LogP contribution in [0.2, 0.25) is 5.02 Å². The number of ketones is 1. The first-order valence-corrected chi connectivity index (χ1v) is 9.93. The summed E-state index contributed by atoms with van der Waals surface area (Å²) in [5, 5.41) is 13.8. The number of hydrogen-bond acceptors (Lipinski definition) is 4. The van der Waals surface area contributed by atoms with Crippen molar-refractivity contribution in [3.8, 4) is 11.8 Å². The highest BCUT2D eigenvalue weighted by Crippen LogP contribution is 2.45. The third kappa shape index (κ3) is 3.54. The van der Waals surface area contributed by atoms with Gasteiger partial charge in [-0.2, -0.15) is 5.26 Å². The minimum absolute atomic E-state index is 0.0831. The Hall–Kier alpha value is -3.03. The molecule has 0 fully saturated rings. The molecule has 1 aliphatic heterocycles. The van der Waals surface area contributed by atoms with Gasteiger partial charge in [-0.25, -0.2) is 0 Å². The van der Waals surface area contributed by atoms with E-state index in [9.17, 15) is 10.1 Å². The number of carbonyl (C=O) groups excluding carboxylic acids is 1. The Morgan fingerprint density at radius 2 is 1.72 bits per heavy atom. The zero-order chi connectivity index (χ0) is 20.5. The van der Waals surface area contributed by atoms with E-state index in [0.29, 0.717) is 22.6 Å². The lowest BCUT2D eigenvalue weighted by Crippen LogP contribution is -2.33. The third-order valence-electron chi connectivity index (χ3n) is 5.74. The summed E-state index contributed by atoms with van der Waals surface area (Å²) in [5.41, 5.74) is 5.05. The number of dihydropyridines is 1. The van der Waals surface area contributed by atoms with Crippen molar-refractivity contribution in [2.45, 2.75) is 31.6 Å². The Kier molecular flexibility index (Phi) is 5.17. The second kappa shape index (κ2) is 7.77. The van der Waals surface area contributed by atoms with Gasteiger partial charge in [-0.3, -0.25) is 4.79 Å². The Bertz CT molecular complexity index is 1060. The van der Waals surface area contributed by atoms with Gasteiger partial charge in [0.25, 0.3) is 0 Å². The van der Waals surface area contributed by atoms with Crippen LogP contribution in [0.5, 0.6) is 5.75 Å². The third-order valence-corrected chi connectivity index (χ3v) is 5.99. The van der Waals surface area contributed by atoms with Gasteiger partial charge in [0.2, 0.25) is 0 Å². The molecule has 0 radical (unpaired) electrons. The quantitative estimate of drug-likeness (QED) is 0.760. The zero-order valence-corrected chi connectivity index (χ0v) is 17.1. The Morgan fingerprint density at radius 1 is 1.07 bits per heavy atom. The molecule has 0 amide bonds. The zero-order valence-electron chi connectivity index (χ0n) is 16.3. The van der Waals surface area contributed by atoms with E-state index >= 15 is 0 Å². The summed E-state index contributed by atoms with van der Waals surface area (Å²) >= 11 is 6.02. The number of halogens is 1. The summed E-state index contributed by atoms with van der Waals surface area (Å²) < 4.78 is 5.25. The molecule has 2 aliphatic rings. The topological polar surface area (TPSA) is 62.1 Å². The van der Waals surface area contributed by atoms with E-state index in [1.165, 1.54) is 0 Å². The lowest BCUT2D eigenvalue weighted by Gasteiger charge is -2.35. The molecule has 5 heteroatoms. The van der Waals surface area contributed by atoms with E-state index in [-0.39, 0.29) is 17.6 Å². The van der Waals surface area contributed by atoms with Crippen molar-refractivity contribution in [3.63, 3.8) is 0 Å². The average molecular weight is 405 g/mol. The molecule has 0 aromatic heterocycles. The van der Waals surface area contributed by atoms with Crippen LogP contribution in [0.3, 0.4) is 0 Å². The second-order valence-electron chi connectivity index (χ2n) is 7.45. The molecule has 29 heavy (non-hydrogen) atoms. The number of allylic oxidation sites excluding steroid dienone is 4. The highest BCUT2D eigenvalue weighted by Gasteiger charge is 2.38. The fourth-order valence-corrected chi connectivity index (χ4v) is 4.41. The average Bonchev–Trinajstić information content (AvgIpc) is 2.73. The van der Waals surface area contributed by atoms with Gasteiger partial charge in [-0.15, -0.1) is 0 Å². The lowest BCUT2D eigenvalue weighted by atomic mass is 9.72. The Balaban J connectivity index is 1.75. The van der Waals surface area contributed by atoms with Crippen molar-refractivity contribution >= 4 is 17.4 Å². The van der Waals surface area contributed by atoms with Crippen LogP contribution in [0.4, 0.5) is 0 Å². The smallest absolute Gasteiger partial charge is 0.162 e. The van der Waals surface area contributed by atoms with Gasteiger partial charge in [0.1, 0.15) is 5.75 Å². The van der Waals surface area contributed by atoms with Gasteiger partial charge >= 0.3 is 0 Å². The number of rotatable bonds is 3. The van der Waals surface area contributed by atoms with E-state index in [1.54, 1.807) is 7.11 Å². The van der Waals surface area contributed by atoms with Gasteiger partial charge < -0.3 is 10.1 Å². The molecular weight excluding hydrogens is 384 g/mol. The van der Waals surface area contributed by atoms with Crippen molar-refractivity contribution < 1.29 is 9.53 Å².